The summed E-state index contributed by atoms with van der Waals surface area (Å²) in [5, 5.41) is 23.7. The number of hydrogen-bond donors (Lipinski definition) is 3. The lowest BCUT2D eigenvalue weighted by molar-refractivity contribution is 0.0374. The van der Waals surface area contributed by atoms with Crippen molar-refractivity contribution in [1.82, 2.24) is 25.1 Å². The van der Waals surface area contributed by atoms with Gasteiger partial charge >= 0.3 is 0 Å². The molecule has 190 valence electrons. The van der Waals surface area contributed by atoms with Gasteiger partial charge in [0, 0.05) is 30.5 Å². The SMILES string of the molecule is Cc1ccc(OCCNc2nc(Nc3cc(C)[nH]n3)cc(CCCN3CCOCC3)c2C#N)c(C)n1. The highest BCUT2D eigenvalue weighted by molar-refractivity contribution is 5.64. The average Bonchev–Trinajstić information content (AvgIpc) is 3.28. The van der Waals surface area contributed by atoms with E-state index in [0.717, 1.165) is 74.1 Å². The Kier molecular flexibility index (Phi) is 8.71. The number of H-pyrrole nitrogens is 1. The van der Waals surface area contributed by atoms with Gasteiger partial charge in [-0.2, -0.15) is 10.4 Å². The Labute approximate surface area is 212 Å². The van der Waals surface area contributed by atoms with Crippen LogP contribution in [-0.4, -0.2) is 71.1 Å². The zero-order valence-corrected chi connectivity index (χ0v) is 21.2. The van der Waals surface area contributed by atoms with E-state index in [9.17, 15) is 5.26 Å². The first-order valence-corrected chi connectivity index (χ1v) is 12.4. The first-order chi connectivity index (χ1) is 17.5. The Hall–Kier alpha value is -3.68. The highest BCUT2D eigenvalue weighted by Gasteiger charge is 2.15. The molecule has 1 aliphatic heterocycles. The Bertz CT molecular complexity index is 1200. The number of pyridine rings is 2. The summed E-state index contributed by atoms with van der Waals surface area (Å²) in [7, 11) is 0. The van der Waals surface area contributed by atoms with Gasteiger partial charge in [-0.25, -0.2) is 4.98 Å². The van der Waals surface area contributed by atoms with Gasteiger partial charge in [0.2, 0.25) is 0 Å². The molecule has 0 aromatic carbocycles. The third-order valence-corrected chi connectivity index (χ3v) is 6.03. The van der Waals surface area contributed by atoms with Crippen LogP contribution >= 0.6 is 0 Å². The summed E-state index contributed by atoms with van der Waals surface area (Å²) in [5.74, 6) is 2.62. The van der Waals surface area contributed by atoms with Gasteiger partial charge in [-0.1, -0.05) is 0 Å². The molecule has 36 heavy (non-hydrogen) atoms. The van der Waals surface area contributed by atoms with Crippen LogP contribution in [0.1, 0.15) is 34.6 Å². The number of ether oxygens (including phenoxy) is 2. The van der Waals surface area contributed by atoms with Crippen molar-refractivity contribution in [3.05, 3.63) is 52.5 Å². The molecule has 0 aliphatic carbocycles. The molecule has 1 fully saturated rings. The second kappa shape index (κ2) is 12.3. The predicted molar refractivity (Wildman–Crippen MR) is 139 cm³/mol. The van der Waals surface area contributed by atoms with E-state index in [1.165, 1.54) is 0 Å². The monoisotopic (exact) mass is 490 g/mol. The van der Waals surface area contributed by atoms with E-state index in [2.05, 4.69) is 41.8 Å². The molecule has 0 bridgehead atoms. The lowest BCUT2D eigenvalue weighted by atomic mass is 10.0. The van der Waals surface area contributed by atoms with Gasteiger partial charge in [-0.15, -0.1) is 0 Å². The van der Waals surface area contributed by atoms with Gasteiger partial charge in [0.15, 0.2) is 5.82 Å². The molecule has 4 heterocycles. The van der Waals surface area contributed by atoms with Gasteiger partial charge in [-0.3, -0.25) is 15.0 Å². The van der Waals surface area contributed by atoms with E-state index < -0.39 is 0 Å². The topological polar surface area (TPSA) is 124 Å². The zero-order chi connectivity index (χ0) is 25.3. The minimum Gasteiger partial charge on any atom is -0.490 e. The average molecular weight is 491 g/mol. The van der Waals surface area contributed by atoms with E-state index in [4.69, 9.17) is 9.47 Å². The highest BCUT2D eigenvalue weighted by atomic mass is 16.5. The number of aryl methyl sites for hydroxylation is 4. The van der Waals surface area contributed by atoms with Gasteiger partial charge in [-0.05, 0) is 63.9 Å². The molecular weight excluding hydrogens is 456 g/mol. The number of nitrogens with zero attached hydrogens (tertiary/aromatic N) is 5. The third kappa shape index (κ3) is 6.93. The second-order valence-electron chi connectivity index (χ2n) is 8.93. The van der Waals surface area contributed by atoms with Gasteiger partial charge < -0.3 is 20.1 Å². The minimum atomic E-state index is 0.417. The molecular formula is C26H34N8O2. The van der Waals surface area contributed by atoms with Crippen LogP contribution in [0.5, 0.6) is 5.75 Å². The molecule has 0 spiro atoms. The summed E-state index contributed by atoms with van der Waals surface area (Å²) in [6.45, 7) is 11.2. The standard InChI is InChI=1S/C26H34N8O2/c1-18-6-7-23(20(3)29-18)36-12-8-28-26-22(17-27)21(5-4-9-34-10-13-35-14-11-34)16-24(31-26)30-25-15-19(2)32-33-25/h6-7,15-16H,4-5,8-14H2,1-3H3,(H3,28,30,31,32,33). The number of hydrogen-bond acceptors (Lipinski definition) is 9. The van der Waals surface area contributed by atoms with E-state index in [-0.39, 0.29) is 0 Å². The normalized spacial score (nSPS) is 13.8. The summed E-state index contributed by atoms with van der Waals surface area (Å²) in [6.07, 6.45) is 1.72. The van der Waals surface area contributed by atoms with E-state index >= 15 is 0 Å². The van der Waals surface area contributed by atoms with Crippen LogP contribution in [0.4, 0.5) is 17.5 Å². The summed E-state index contributed by atoms with van der Waals surface area (Å²) < 4.78 is 11.3. The lowest BCUT2D eigenvalue weighted by Crippen LogP contribution is -2.36. The molecule has 0 atom stereocenters. The number of nitriles is 1. The molecule has 0 radical (unpaired) electrons. The molecule has 0 unspecified atom stereocenters. The van der Waals surface area contributed by atoms with E-state index in [1.807, 2.05) is 45.0 Å². The molecule has 3 aromatic rings. The predicted octanol–water partition coefficient (Wildman–Crippen LogP) is 3.50. The lowest BCUT2D eigenvalue weighted by Gasteiger charge is -2.26. The Morgan fingerprint density at radius 2 is 1.97 bits per heavy atom. The van der Waals surface area contributed by atoms with Crippen molar-refractivity contribution in [2.24, 2.45) is 0 Å². The maximum absolute atomic E-state index is 9.99. The van der Waals surface area contributed by atoms with Crippen LogP contribution in [0.25, 0.3) is 0 Å². The van der Waals surface area contributed by atoms with Crippen LogP contribution in [0.15, 0.2) is 24.3 Å². The number of rotatable bonds is 11. The van der Waals surface area contributed by atoms with Crippen molar-refractivity contribution in [1.29, 1.82) is 5.26 Å². The summed E-state index contributed by atoms with van der Waals surface area (Å²) in [4.78, 5) is 11.5. The maximum Gasteiger partial charge on any atom is 0.153 e. The number of nitrogens with one attached hydrogen (secondary N) is 3. The van der Waals surface area contributed by atoms with Crippen molar-refractivity contribution in [2.75, 3.05) is 56.6 Å². The largest absolute Gasteiger partial charge is 0.490 e. The minimum absolute atomic E-state index is 0.417. The zero-order valence-electron chi connectivity index (χ0n) is 21.2. The molecule has 0 saturated carbocycles. The molecule has 1 aliphatic rings. The Morgan fingerprint density at radius 3 is 2.69 bits per heavy atom. The molecule has 4 rings (SSSR count). The molecule has 3 N–H and O–H groups in total. The smallest absolute Gasteiger partial charge is 0.153 e. The van der Waals surface area contributed by atoms with Crippen LogP contribution in [0, 0.1) is 32.1 Å². The first kappa shape index (κ1) is 25.4. The number of anilines is 3. The quantitative estimate of drug-likeness (QED) is 0.346. The Balaban J connectivity index is 1.45. The van der Waals surface area contributed by atoms with Crippen molar-refractivity contribution in [2.45, 2.75) is 33.6 Å². The van der Waals surface area contributed by atoms with Crippen LogP contribution in [0.2, 0.25) is 0 Å². The van der Waals surface area contributed by atoms with E-state index in [0.29, 0.717) is 36.2 Å². The number of morpholine rings is 1. The van der Waals surface area contributed by atoms with Crippen LogP contribution < -0.4 is 15.4 Å². The molecule has 1 saturated heterocycles. The van der Waals surface area contributed by atoms with E-state index in [1.54, 1.807) is 0 Å². The third-order valence-electron chi connectivity index (χ3n) is 6.03. The fraction of sp³-hybridized carbons (Fsp3) is 0.462. The summed E-state index contributed by atoms with van der Waals surface area (Å²) in [6, 6.07) is 10.1. The molecule has 0 amide bonds. The number of aromatic amines is 1. The highest BCUT2D eigenvalue weighted by Crippen LogP contribution is 2.25. The van der Waals surface area contributed by atoms with Crippen LogP contribution in [0.3, 0.4) is 0 Å². The van der Waals surface area contributed by atoms with Crippen molar-refractivity contribution < 1.29 is 9.47 Å². The van der Waals surface area contributed by atoms with Gasteiger partial charge in [0.25, 0.3) is 0 Å². The molecule has 3 aromatic heterocycles. The van der Waals surface area contributed by atoms with Crippen molar-refractivity contribution in [3.8, 4) is 11.8 Å². The fourth-order valence-electron chi connectivity index (χ4n) is 4.20. The molecule has 10 nitrogen and oxygen atoms in total. The first-order valence-electron chi connectivity index (χ1n) is 12.4. The fourth-order valence-corrected chi connectivity index (χ4v) is 4.20. The second-order valence-corrected chi connectivity index (χ2v) is 8.93. The maximum atomic E-state index is 9.99. The van der Waals surface area contributed by atoms with Gasteiger partial charge in [0.1, 0.15) is 30.1 Å². The van der Waals surface area contributed by atoms with Crippen molar-refractivity contribution in [3.63, 3.8) is 0 Å². The number of aromatic nitrogens is 4. The summed E-state index contributed by atoms with van der Waals surface area (Å²) >= 11 is 0. The molecule has 10 heteroatoms. The van der Waals surface area contributed by atoms with Crippen molar-refractivity contribution >= 4 is 17.5 Å². The van der Waals surface area contributed by atoms with Gasteiger partial charge in [0.05, 0.1) is 31.0 Å². The van der Waals surface area contributed by atoms with Crippen LogP contribution in [-0.2, 0) is 11.2 Å². The summed E-state index contributed by atoms with van der Waals surface area (Å²) in [5.41, 5.74) is 4.28. The Morgan fingerprint density at radius 1 is 1.14 bits per heavy atom.